The van der Waals surface area contributed by atoms with Gasteiger partial charge >= 0.3 is 0 Å². The first-order valence-electron chi connectivity index (χ1n) is 8.52. The number of aromatic nitrogens is 1. The average molecular weight is 386 g/mol. The van der Waals surface area contributed by atoms with Gasteiger partial charge in [-0.05, 0) is 31.2 Å². The zero-order valence-electron chi connectivity index (χ0n) is 14.9. The number of aryl methyl sites for hydroxylation is 1. The lowest BCUT2D eigenvalue weighted by molar-refractivity contribution is 0.0955. The van der Waals surface area contributed by atoms with E-state index in [9.17, 15) is 9.18 Å². The number of benzene rings is 1. The van der Waals surface area contributed by atoms with Crippen LogP contribution in [0.2, 0.25) is 0 Å². The molecule has 0 saturated carbocycles. The van der Waals surface area contributed by atoms with Crippen LogP contribution >= 0.6 is 11.3 Å². The lowest BCUT2D eigenvalue weighted by Crippen LogP contribution is -2.28. The summed E-state index contributed by atoms with van der Waals surface area (Å²) < 4.78 is 18.5. The van der Waals surface area contributed by atoms with E-state index in [1.54, 1.807) is 19.1 Å². The summed E-state index contributed by atoms with van der Waals surface area (Å²) in [4.78, 5) is 17.3. The summed E-state index contributed by atoms with van der Waals surface area (Å²) in [6.45, 7) is 2.47. The number of amides is 1. The van der Waals surface area contributed by atoms with Crippen molar-refractivity contribution < 1.29 is 13.9 Å². The molecule has 0 bridgehead atoms. The number of ether oxygens (including phenoxy) is 1. The second-order valence-corrected chi connectivity index (χ2v) is 7.24. The third kappa shape index (κ3) is 5.11. The number of nitrogens with one attached hydrogen (secondary N) is 1. The van der Waals surface area contributed by atoms with Crippen molar-refractivity contribution >= 4 is 17.2 Å². The molecule has 0 fully saturated rings. The molecule has 2 aromatic rings. The molecule has 0 atom stereocenters. The summed E-state index contributed by atoms with van der Waals surface area (Å²) in [5.74, 6) is 2.63. The van der Waals surface area contributed by atoms with Crippen molar-refractivity contribution in [2.45, 2.75) is 38.5 Å². The predicted octanol–water partition coefficient (Wildman–Crippen LogP) is 3.87. The second-order valence-electron chi connectivity index (χ2n) is 6.16. The van der Waals surface area contributed by atoms with E-state index in [0.29, 0.717) is 47.1 Å². The Morgan fingerprint density at radius 3 is 2.74 bits per heavy atom. The Morgan fingerprint density at radius 2 is 2.07 bits per heavy atom. The van der Waals surface area contributed by atoms with Crippen molar-refractivity contribution in [2.75, 3.05) is 6.54 Å². The van der Waals surface area contributed by atoms with E-state index in [4.69, 9.17) is 11.2 Å². The van der Waals surface area contributed by atoms with E-state index in [1.165, 1.54) is 23.5 Å². The molecule has 27 heavy (non-hydrogen) atoms. The highest BCUT2D eigenvalue weighted by Crippen LogP contribution is 2.36. The summed E-state index contributed by atoms with van der Waals surface area (Å²) >= 11 is 1.28. The Morgan fingerprint density at radius 1 is 1.33 bits per heavy atom. The molecule has 1 amide bonds. The van der Waals surface area contributed by atoms with E-state index in [1.807, 2.05) is 0 Å². The monoisotopic (exact) mass is 386 g/mol. The van der Waals surface area contributed by atoms with Crippen LogP contribution in [0, 0.1) is 25.1 Å². The zero-order valence-corrected chi connectivity index (χ0v) is 15.7. The van der Waals surface area contributed by atoms with E-state index >= 15 is 0 Å². The van der Waals surface area contributed by atoms with Gasteiger partial charge in [-0.15, -0.1) is 23.7 Å². The number of carbonyl (C=O) groups excluding carboxylic acids is 1. The summed E-state index contributed by atoms with van der Waals surface area (Å²) in [5, 5.41) is 11.7. The van der Waals surface area contributed by atoms with Crippen molar-refractivity contribution in [1.29, 1.82) is 0 Å². The number of halogens is 1. The number of thiazole rings is 1. The summed E-state index contributed by atoms with van der Waals surface area (Å²) in [6, 6.07) is 5.76. The standard InChI is InChI=1S/C19H19FN4O2S/c1-3-4-9-19(23-24-19)10-11-21-18(25)17-13(2)22-16(27-17)12-26-15-7-5-14(20)6-8-15/h1,5-8H,4,9-12H2,2H3,(H,21,25). The fourth-order valence-electron chi connectivity index (χ4n) is 2.53. The Hall–Kier alpha value is -2.79. The molecule has 0 saturated heterocycles. The fraction of sp³-hybridized carbons (Fsp3) is 0.368. The minimum absolute atomic E-state index is 0.175. The highest BCUT2D eigenvalue weighted by atomic mass is 32.1. The molecule has 0 radical (unpaired) electrons. The van der Waals surface area contributed by atoms with Crippen LogP contribution in [0.5, 0.6) is 5.75 Å². The van der Waals surface area contributed by atoms with Crippen LogP contribution in [0.15, 0.2) is 34.5 Å². The van der Waals surface area contributed by atoms with E-state index < -0.39 is 5.66 Å². The summed E-state index contributed by atoms with van der Waals surface area (Å²) in [6.07, 6.45) is 7.24. The lowest BCUT2D eigenvalue weighted by atomic mass is 10.0. The molecule has 140 valence electrons. The van der Waals surface area contributed by atoms with Gasteiger partial charge in [0, 0.05) is 25.8 Å². The molecular weight excluding hydrogens is 367 g/mol. The maximum atomic E-state index is 12.9. The first-order valence-corrected chi connectivity index (χ1v) is 9.33. The molecule has 1 N–H and O–H groups in total. The van der Waals surface area contributed by atoms with Crippen LogP contribution in [0.4, 0.5) is 4.39 Å². The van der Waals surface area contributed by atoms with Gasteiger partial charge in [-0.1, -0.05) is 0 Å². The SMILES string of the molecule is C#CCCC1(CCNC(=O)c2sc(COc3ccc(F)cc3)nc2C)N=N1. The fourth-order valence-corrected chi connectivity index (χ4v) is 3.42. The summed E-state index contributed by atoms with van der Waals surface area (Å²) in [7, 11) is 0. The highest BCUT2D eigenvalue weighted by Gasteiger charge is 2.38. The molecule has 0 aliphatic carbocycles. The molecular formula is C19H19FN4O2S. The van der Waals surface area contributed by atoms with Crippen molar-refractivity contribution in [2.24, 2.45) is 10.2 Å². The van der Waals surface area contributed by atoms with E-state index in [-0.39, 0.29) is 18.3 Å². The number of nitrogens with zero attached hydrogens (tertiary/aromatic N) is 3. The van der Waals surface area contributed by atoms with Crippen LogP contribution < -0.4 is 10.1 Å². The highest BCUT2D eigenvalue weighted by molar-refractivity contribution is 7.13. The van der Waals surface area contributed by atoms with Crippen molar-refractivity contribution in [1.82, 2.24) is 10.3 Å². The van der Waals surface area contributed by atoms with E-state index in [2.05, 4.69) is 26.4 Å². The van der Waals surface area contributed by atoms with Gasteiger partial charge in [-0.2, -0.15) is 10.2 Å². The van der Waals surface area contributed by atoms with Gasteiger partial charge in [-0.25, -0.2) is 9.37 Å². The van der Waals surface area contributed by atoms with E-state index in [0.717, 1.165) is 0 Å². The molecule has 1 aliphatic rings. The van der Waals surface area contributed by atoms with Gasteiger partial charge < -0.3 is 10.1 Å². The van der Waals surface area contributed by atoms with Crippen molar-refractivity contribution in [3.05, 3.63) is 45.7 Å². The van der Waals surface area contributed by atoms with Gasteiger partial charge in [0.1, 0.15) is 28.1 Å². The second kappa shape index (κ2) is 8.27. The number of rotatable bonds is 9. The minimum atomic E-state index is -0.406. The Balaban J connectivity index is 1.49. The third-order valence-electron chi connectivity index (χ3n) is 4.09. The Labute approximate surface area is 160 Å². The molecule has 0 spiro atoms. The summed E-state index contributed by atoms with van der Waals surface area (Å²) in [5.41, 5.74) is 0.245. The first kappa shape index (κ1) is 19.0. The number of hydrogen-bond acceptors (Lipinski definition) is 6. The van der Waals surface area contributed by atoms with Gasteiger partial charge in [-0.3, -0.25) is 4.79 Å². The lowest BCUT2D eigenvalue weighted by Gasteiger charge is -2.09. The first-order chi connectivity index (χ1) is 13.0. The number of terminal acetylenes is 1. The van der Waals surface area contributed by atoms with Crippen LogP contribution in [-0.2, 0) is 6.61 Å². The topological polar surface area (TPSA) is 75.9 Å². The minimum Gasteiger partial charge on any atom is -0.486 e. The maximum absolute atomic E-state index is 12.9. The average Bonchev–Trinajstić information content (AvgIpc) is 3.33. The van der Waals surface area contributed by atoms with Gasteiger partial charge in [0.05, 0.1) is 5.69 Å². The van der Waals surface area contributed by atoms with Crippen LogP contribution in [0.25, 0.3) is 0 Å². The van der Waals surface area contributed by atoms with Crippen molar-refractivity contribution in [3.63, 3.8) is 0 Å². The molecule has 2 heterocycles. The smallest absolute Gasteiger partial charge is 0.263 e. The molecule has 0 unspecified atom stereocenters. The molecule has 3 rings (SSSR count). The molecule has 6 nitrogen and oxygen atoms in total. The van der Waals surface area contributed by atoms with Crippen LogP contribution in [0.3, 0.4) is 0 Å². The van der Waals surface area contributed by atoms with Crippen LogP contribution in [-0.4, -0.2) is 23.1 Å². The molecule has 1 aromatic carbocycles. The number of hydrogen-bond donors (Lipinski definition) is 1. The van der Waals surface area contributed by atoms with Gasteiger partial charge in [0.15, 0.2) is 5.66 Å². The predicted molar refractivity (Wildman–Crippen MR) is 100 cm³/mol. The molecule has 1 aromatic heterocycles. The van der Waals surface area contributed by atoms with Gasteiger partial charge in [0.2, 0.25) is 0 Å². The maximum Gasteiger partial charge on any atom is 0.263 e. The largest absolute Gasteiger partial charge is 0.486 e. The van der Waals surface area contributed by atoms with Gasteiger partial charge in [0.25, 0.3) is 5.91 Å². The normalized spacial score (nSPS) is 13.8. The number of carbonyl (C=O) groups is 1. The van der Waals surface area contributed by atoms with Crippen LogP contribution in [0.1, 0.15) is 39.6 Å². The Bertz CT molecular complexity index is 880. The molecule has 1 aliphatic heterocycles. The molecule has 8 heteroatoms. The van der Waals surface area contributed by atoms with Crippen molar-refractivity contribution in [3.8, 4) is 18.1 Å². The quantitative estimate of drug-likeness (QED) is 0.665. The Kier molecular flexibility index (Phi) is 5.81. The third-order valence-corrected chi connectivity index (χ3v) is 5.22. The zero-order chi connectivity index (χ0) is 19.3.